The molecule has 0 fully saturated rings. The summed E-state index contributed by atoms with van der Waals surface area (Å²) in [7, 11) is 0. The summed E-state index contributed by atoms with van der Waals surface area (Å²) >= 11 is 0. The molecule has 0 atom stereocenters. The third kappa shape index (κ3) is 8.41. The molecular weight excluding hydrogens is 400 g/mol. The number of phenolic OH excluding ortho intramolecular Hbond substituents is 3. The average Bonchev–Trinajstić information content (AvgIpc) is 2.67. The van der Waals surface area contributed by atoms with Gasteiger partial charge in [0.1, 0.15) is 22.8 Å². The van der Waals surface area contributed by atoms with Gasteiger partial charge >= 0.3 is 0 Å². The Bertz CT molecular complexity index is 935. The zero-order valence-corrected chi connectivity index (χ0v) is 20.8. The normalized spacial score (nSPS) is 12.0. The van der Waals surface area contributed by atoms with Crippen molar-refractivity contribution in [2.45, 2.75) is 87.0 Å². The van der Waals surface area contributed by atoms with E-state index in [4.69, 9.17) is 0 Å². The van der Waals surface area contributed by atoms with Crippen LogP contribution in [0.25, 0.3) is 0 Å². The Hall–Kier alpha value is -2.75. The predicted molar refractivity (Wildman–Crippen MR) is 134 cm³/mol. The van der Waals surface area contributed by atoms with Gasteiger partial charge in [-0.15, -0.1) is 0 Å². The van der Waals surface area contributed by atoms with Crippen molar-refractivity contribution in [1.29, 1.82) is 0 Å². The molecule has 0 aliphatic carbocycles. The molecule has 4 nitrogen and oxygen atoms in total. The molecule has 0 aromatic heterocycles. The Morgan fingerprint density at radius 3 is 1.75 bits per heavy atom. The van der Waals surface area contributed by atoms with E-state index in [2.05, 4.69) is 45.9 Å². The van der Waals surface area contributed by atoms with Crippen LogP contribution in [-0.2, 0) is 12.8 Å². The number of Topliss-reactive ketones (excluding diaryl/α,β-unsaturated/α-hetero) is 1. The van der Waals surface area contributed by atoms with Crippen molar-refractivity contribution in [3.05, 3.63) is 63.3 Å². The molecular formula is C28H40O4. The number of hydrogen-bond acceptors (Lipinski definition) is 4. The lowest BCUT2D eigenvalue weighted by Crippen LogP contribution is -2.03. The van der Waals surface area contributed by atoms with E-state index in [-0.39, 0.29) is 40.4 Å². The molecule has 1 aromatic carbocycles. The minimum absolute atomic E-state index is 0.124. The van der Waals surface area contributed by atoms with E-state index in [1.54, 1.807) is 0 Å². The Kier molecular flexibility index (Phi) is 11.0. The highest BCUT2D eigenvalue weighted by molar-refractivity contribution is 6.01. The van der Waals surface area contributed by atoms with Crippen LogP contribution in [0.3, 0.4) is 0 Å². The van der Waals surface area contributed by atoms with E-state index < -0.39 is 5.78 Å². The fourth-order valence-corrected chi connectivity index (χ4v) is 3.53. The number of phenols is 3. The van der Waals surface area contributed by atoms with Gasteiger partial charge in [0.05, 0.1) is 0 Å². The van der Waals surface area contributed by atoms with E-state index in [1.807, 2.05) is 19.9 Å². The van der Waals surface area contributed by atoms with E-state index in [0.29, 0.717) is 6.42 Å². The minimum atomic E-state index is -0.433. The molecule has 3 N–H and O–H groups in total. The number of hydrogen-bond donors (Lipinski definition) is 3. The predicted octanol–water partition coefficient (Wildman–Crippen LogP) is 7.48. The molecule has 0 heterocycles. The number of aromatic hydroxyl groups is 3. The van der Waals surface area contributed by atoms with Gasteiger partial charge in [-0.05, 0) is 80.6 Å². The summed E-state index contributed by atoms with van der Waals surface area (Å²) in [5.41, 5.74) is 5.10. The van der Waals surface area contributed by atoms with Crippen LogP contribution in [0.2, 0.25) is 0 Å². The highest BCUT2D eigenvalue weighted by Crippen LogP contribution is 2.43. The Morgan fingerprint density at radius 1 is 0.656 bits per heavy atom. The summed E-state index contributed by atoms with van der Waals surface area (Å²) in [5.74, 6) is -1.25. The van der Waals surface area contributed by atoms with Crippen molar-refractivity contribution < 1.29 is 20.1 Å². The first kappa shape index (κ1) is 27.3. The van der Waals surface area contributed by atoms with Crippen molar-refractivity contribution >= 4 is 5.78 Å². The first-order valence-corrected chi connectivity index (χ1v) is 11.3. The van der Waals surface area contributed by atoms with E-state index in [1.165, 1.54) is 18.1 Å². The Labute approximate surface area is 193 Å². The lowest BCUT2D eigenvalue weighted by Gasteiger charge is -2.17. The molecule has 176 valence electrons. The Balaban J connectivity index is 3.25. The zero-order valence-electron chi connectivity index (χ0n) is 20.8. The second-order valence-corrected chi connectivity index (χ2v) is 9.09. The SMILES string of the molecule is CC(=O)c1c(O)c(C/C=C(\C)CCC=C(C)C)c(O)c(C/C(C)=C/CCC=C(C)C)c1O. The maximum atomic E-state index is 12.2. The fraction of sp³-hybridized carbons (Fsp3) is 0.464. The maximum absolute atomic E-state index is 12.2. The number of ketones is 1. The van der Waals surface area contributed by atoms with Crippen molar-refractivity contribution in [3.8, 4) is 17.2 Å². The van der Waals surface area contributed by atoms with Gasteiger partial charge < -0.3 is 15.3 Å². The highest BCUT2D eigenvalue weighted by Gasteiger charge is 2.25. The molecule has 0 bridgehead atoms. The van der Waals surface area contributed by atoms with Gasteiger partial charge in [0, 0.05) is 17.5 Å². The molecule has 0 spiro atoms. The number of carbonyl (C=O) groups excluding carboxylic acids is 1. The monoisotopic (exact) mass is 440 g/mol. The first-order valence-electron chi connectivity index (χ1n) is 11.3. The molecule has 0 unspecified atom stereocenters. The van der Waals surface area contributed by atoms with Gasteiger partial charge in [0.25, 0.3) is 0 Å². The van der Waals surface area contributed by atoms with Crippen molar-refractivity contribution in [2.75, 3.05) is 0 Å². The van der Waals surface area contributed by atoms with E-state index in [0.717, 1.165) is 36.8 Å². The number of benzene rings is 1. The molecule has 4 heteroatoms. The summed E-state index contributed by atoms with van der Waals surface area (Å²) in [6.45, 7) is 13.5. The van der Waals surface area contributed by atoms with E-state index >= 15 is 0 Å². The van der Waals surface area contributed by atoms with Crippen LogP contribution in [-0.4, -0.2) is 21.1 Å². The summed E-state index contributed by atoms with van der Waals surface area (Å²) in [4.78, 5) is 12.2. The number of allylic oxidation sites excluding steroid dienone is 8. The van der Waals surface area contributed by atoms with Gasteiger partial charge in [-0.25, -0.2) is 0 Å². The second-order valence-electron chi connectivity index (χ2n) is 9.09. The van der Waals surface area contributed by atoms with Crippen molar-refractivity contribution in [1.82, 2.24) is 0 Å². The van der Waals surface area contributed by atoms with Crippen LogP contribution in [0.5, 0.6) is 17.2 Å². The number of rotatable bonds is 11. The summed E-state index contributed by atoms with van der Waals surface area (Å²) in [6.07, 6.45) is 12.6. The van der Waals surface area contributed by atoms with Crippen molar-refractivity contribution in [3.63, 3.8) is 0 Å². The second kappa shape index (κ2) is 12.9. The van der Waals surface area contributed by atoms with Gasteiger partial charge in [0.15, 0.2) is 5.78 Å². The van der Waals surface area contributed by atoms with Crippen LogP contribution in [0, 0.1) is 0 Å². The van der Waals surface area contributed by atoms with Gasteiger partial charge in [0.2, 0.25) is 0 Å². The van der Waals surface area contributed by atoms with E-state index in [9.17, 15) is 20.1 Å². The average molecular weight is 441 g/mol. The number of unbranched alkanes of at least 4 members (excludes halogenated alkanes) is 1. The molecule has 32 heavy (non-hydrogen) atoms. The summed E-state index contributed by atoms with van der Waals surface area (Å²) < 4.78 is 0. The fourth-order valence-electron chi connectivity index (χ4n) is 3.53. The van der Waals surface area contributed by atoms with Crippen molar-refractivity contribution in [2.24, 2.45) is 0 Å². The molecule has 0 saturated carbocycles. The third-order valence-corrected chi connectivity index (χ3v) is 5.38. The zero-order chi connectivity index (χ0) is 24.4. The lowest BCUT2D eigenvalue weighted by atomic mass is 9.92. The smallest absolute Gasteiger partial charge is 0.167 e. The van der Waals surface area contributed by atoms with Crippen LogP contribution < -0.4 is 0 Å². The molecule has 0 aliphatic rings. The van der Waals surface area contributed by atoms with Crippen LogP contribution in [0.4, 0.5) is 0 Å². The molecule has 0 amide bonds. The van der Waals surface area contributed by atoms with Crippen LogP contribution in [0.15, 0.2) is 46.6 Å². The molecule has 0 saturated heterocycles. The first-order chi connectivity index (χ1) is 15.0. The summed E-state index contributed by atoms with van der Waals surface area (Å²) in [6, 6.07) is 0. The van der Waals surface area contributed by atoms with Gasteiger partial charge in [-0.2, -0.15) is 0 Å². The molecule has 0 radical (unpaired) electrons. The lowest BCUT2D eigenvalue weighted by molar-refractivity contribution is 0.101. The highest BCUT2D eigenvalue weighted by atomic mass is 16.3. The quantitative estimate of drug-likeness (QED) is 0.189. The number of carbonyl (C=O) groups is 1. The summed E-state index contributed by atoms with van der Waals surface area (Å²) in [5, 5.41) is 32.3. The third-order valence-electron chi connectivity index (χ3n) is 5.38. The molecule has 1 aromatic rings. The minimum Gasteiger partial charge on any atom is -0.507 e. The van der Waals surface area contributed by atoms with Crippen LogP contribution in [0.1, 0.15) is 95.6 Å². The van der Waals surface area contributed by atoms with Gasteiger partial charge in [-0.1, -0.05) is 46.6 Å². The molecule has 1 rings (SSSR count). The topological polar surface area (TPSA) is 77.8 Å². The largest absolute Gasteiger partial charge is 0.507 e. The van der Waals surface area contributed by atoms with Crippen LogP contribution >= 0.6 is 0 Å². The standard InChI is InChI=1S/C28H40O4/c1-18(2)11-8-9-13-21(6)17-24-26(30)23(27(31)25(22(7)29)28(24)32)16-15-20(5)14-10-12-19(3)4/h11-13,15,30-32H,8-10,14,16-17H2,1-7H3/b20-15+,21-13+. The molecule has 0 aliphatic heterocycles. The Morgan fingerprint density at radius 2 is 1.19 bits per heavy atom. The van der Waals surface area contributed by atoms with Gasteiger partial charge in [-0.3, -0.25) is 4.79 Å². The maximum Gasteiger partial charge on any atom is 0.167 e.